The minimum atomic E-state index is -0.523. The summed E-state index contributed by atoms with van der Waals surface area (Å²) in [5.41, 5.74) is 6.95. The Morgan fingerprint density at radius 3 is 2.56 bits per heavy atom. The van der Waals surface area contributed by atoms with Crippen LogP contribution < -0.4 is 11.1 Å². The molecule has 6 nitrogen and oxygen atoms in total. The van der Waals surface area contributed by atoms with Gasteiger partial charge in [-0.1, -0.05) is 23.9 Å². The van der Waals surface area contributed by atoms with Gasteiger partial charge < -0.3 is 11.1 Å². The normalized spacial score (nSPS) is 10.3. The van der Waals surface area contributed by atoms with E-state index in [1.807, 2.05) is 6.07 Å². The third-order valence-electron chi connectivity index (χ3n) is 2.24. The van der Waals surface area contributed by atoms with Crippen LogP contribution in [0.25, 0.3) is 11.0 Å². The van der Waals surface area contributed by atoms with Crippen LogP contribution in [0.2, 0.25) is 0 Å². The number of carbonyl (C=O) groups excluding carboxylic acids is 1. The number of para-hydroxylation sites is 2. The van der Waals surface area contributed by atoms with Gasteiger partial charge in [-0.3, -0.25) is 10.2 Å². The lowest BCUT2D eigenvalue weighted by atomic mass is 10.3. The van der Waals surface area contributed by atoms with Gasteiger partial charge in [0.25, 0.3) is 5.91 Å². The molecule has 0 aliphatic carbocycles. The second-order valence-electron chi connectivity index (χ2n) is 3.43. The topological polar surface area (TPSA) is 105 Å². The highest BCUT2D eigenvalue weighted by molar-refractivity contribution is 8.13. The number of aromatic nitrogens is 2. The maximum absolute atomic E-state index is 11.8. The predicted molar refractivity (Wildman–Crippen MR) is 72.7 cm³/mol. The quantitative estimate of drug-likeness (QED) is 0.529. The molecule has 2 rings (SSSR count). The number of thioether (sulfide) groups is 1. The first-order chi connectivity index (χ1) is 8.61. The van der Waals surface area contributed by atoms with Gasteiger partial charge in [0.1, 0.15) is 0 Å². The van der Waals surface area contributed by atoms with Gasteiger partial charge in [-0.15, -0.1) is 0 Å². The second-order valence-corrected chi connectivity index (χ2v) is 4.25. The highest BCUT2D eigenvalue weighted by atomic mass is 32.2. The summed E-state index contributed by atoms with van der Waals surface area (Å²) in [5, 5.41) is 9.81. The molecule has 7 heteroatoms. The number of rotatable bonds is 1. The van der Waals surface area contributed by atoms with E-state index in [9.17, 15) is 4.79 Å². The highest BCUT2D eigenvalue weighted by Gasteiger charge is 2.15. The van der Waals surface area contributed by atoms with Crippen LogP contribution in [0.15, 0.2) is 24.3 Å². The fourth-order valence-corrected chi connectivity index (χ4v) is 1.59. The van der Waals surface area contributed by atoms with Crippen molar-refractivity contribution in [3.63, 3.8) is 0 Å². The van der Waals surface area contributed by atoms with E-state index in [-0.39, 0.29) is 16.7 Å². The van der Waals surface area contributed by atoms with Crippen molar-refractivity contribution in [1.82, 2.24) is 15.3 Å². The van der Waals surface area contributed by atoms with Gasteiger partial charge in [-0.2, -0.15) is 0 Å². The molecule has 2 aromatic rings. The van der Waals surface area contributed by atoms with E-state index in [0.29, 0.717) is 11.0 Å². The lowest BCUT2D eigenvalue weighted by Crippen LogP contribution is -2.29. The van der Waals surface area contributed by atoms with Gasteiger partial charge in [0, 0.05) is 0 Å². The van der Waals surface area contributed by atoms with E-state index in [0.717, 1.165) is 11.8 Å². The molecule has 1 aromatic carbocycles. The van der Waals surface area contributed by atoms with Gasteiger partial charge in [0.15, 0.2) is 16.7 Å². The molecule has 92 valence electrons. The number of nitrogens with two attached hydrogens (primary N) is 1. The van der Waals surface area contributed by atoms with Crippen LogP contribution in [0.4, 0.5) is 5.82 Å². The lowest BCUT2D eigenvalue weighted by Gasteiger charge is -2.06. The number of nitrogens with one attached hydrogen (secondary N) is 2. The Labute approximate surface area is 108 Å². The third-order valence-corrected chi connectivity index (χ3v) is 2.75. The van der Waals surface area contributed by atoms with Gasteiger partial charge in [0.05, 0.1) is 11.0 Å². The first-order valence-corrected chi connectivity index (χ1v) is 6.30. The number of amides is 1. The molecular formula is C11H11N5OS. The van der Waals surface area contributed by atoms with E-state index >= 15 is 0 Å². The van der Waals surface area contributed by atoms with Crippen molar-refractivity contribution in [2.75, 3.05) is 12.0 Å². The summed E-state index contributed by atoms with van der Waals surface area (Å²) >= 11 is 1.12. The molecular weight excluding hydrogens is 250 g/mol. The summed E-state index contributed by atoms with van der Waals surface area (Å²) in [6.45, 7) is 0. The molecule has 0 saturated heterocycles. The fraction of sp³-hybridized carbons (Fsp3) is 0.0909. The predicted octanol–water partition coefficient (Wildman–Crippen LogP) is 1.24. The van der Waals surface area contributed by atoms with E-state index < -0.39 is 5.91 Å². The number of nitrogens with zero attached hydrogens (tertiary/aromatic N) is 2. The van der Waals surface area contributed by atoms with E-state index in [1.165, 1.54) is 0 Å². The molecule has 0 spiro atoms. The lowest BCUT2D eigenvalue weighted by molar-refractivity contribution is 0.0974. The molecule has 1 amide bonds. The molecule has 0 radical (unpaired) electrons. The van der Waals surface area contributed by atoms with Crippen molar-refractivity contribution in [3.8, 4) is 0 Å². The van der Waals surface area contributed by atoms with Gasteiger partial charge in [0.2, 0.25) is 0 Å². The van der Waals surface area contributed by atoms with Crippen molar-refractivity contribution in [2.24, 2.45) is 0 Å². The Morgan fingerprint density at radius 1 is 1.33 bits per heavy atom. The van der Waals surface area contributed by atoms with E-state index in [4.69, 9.17) is 11.1 Å². The summed E-state index contributed by atoms with van der Waals surface area (Å²) in [4.78, 5) is 20.1. The third kappa shape index (κ3) is 2.40. The summed E-state index contributed by atoms with van der Waals surface area (Å²) in [6, 6.07) is 7.14. The Hall–Kier alpha value is -2.15. The van der Waals surface area contributed by atoms with Crippen molar-refractivity contribution in [3.05, 3.63) is 30.0 Å². The SMILES string of the molecule is CSC(=N)NC(=O)c1nc2ccccc2nc1N. The van der Waals surface area contributed by atoms with Crippen LogP contribution in [-0.2, 0) is 0 Å². The first-order valence-electron chi connectivity index (χ1n) is 5.08. The zero-order valence-corrected chi connectivity index (χ0v) is 10.4. The van der Waals surface area contributed by atoms with Gasteiger partial charge >= 0.3 is 0 Å². The monoisotopic (exact) mass is 261 g/mol. The van der Waals surface area contributed by atoms with Crippen LogP contribution in [0, 0.1) is 5.41 Å². The molecule has 0 atom stereocenters. The minimum Gasteiger partial charge on any atom is -0.382 e. The first kappa shape index (κ1) is 12.3. The maximum atomic E-state index is 11.8. The van der Waals surface area contributed by atoms with E-state index in [1.54, 1.807) is 24.5 Å². The summed E-state index contributed by atoms with van der Waals surface area (Å²) in [7, 11) is 0. The standard InChI is InChI=1S/C11H11N5OS/c1-18-11(13)16-10(17)8-9(12)15-7-5-3-2-4-6(7)14-8/h2-5H,1H3,(H2,12,15)(H2,13,16,17). The largest absolute Gasteiger partial charge is 0.382 e. The summed E-state index contributed by atoms with van der Waals surface area (Å²) < 4.78 is 0. The van der Waals surface area contributed by atoms with Crippen molar-refractivity contribution >= 4 is 39.7 Å². The Balaban J connectivity index is 2.41. The Morgan fingerprint density at radius 2 is 1.94 bits per heavy atom. The molecule has 18 heavy (non-hydrogen) atoms. The Kier molecular flexibility index (Phi) is 3.42. The molecule has 0 bridgehead atoms. The number of carbonyl (C=O) groups is 1. The van der Waals surface area contributed by atoms with Crippen LogP contribution in [0.3, 0.4) is 0 Å². The number of amidine groups is 1. The molecule has 0 fully saturated rings. The number of hydrogen-bond acceptors (Lipinski definition) is 6. The maximum Gasteiger partial charge on any atom is 0.279 e. The fourth-order valence-electron chi connectivity index (χ4n) is 1.39. The second kappa shape index (κ2) is 5.01. The number of hydrogen-bond donors (Lipinski definition) is 3. The van der Waals surface area contributed by atoms with Gasteiger partial charge in [-0.05, 0) is 18.4 Å². The summed E-state index contributed by atoms with van der Waals surface area (Å²) in [6.07, 6.45) is 1.69. The molecule has 4 N–H and O–H groups in total. The number of fused-ring (bicyclic) bond motifs is 1. The van der Waals surface area contributed by atoms with Crippen LogP contribution in [0.1, 0.15) is 10.5 Å². The molecule has 1 heterocycles. The average Bonchev–Trinajstić information content (AvgIpc) is 2.37. The van der Waals surface area contributed by atoms with Gasteiger partial charge in [-0.25, -0.2) is 9.97 Å². The number of nitrogen functional groups attached to an aromatic ring is 1. The molecule has 0 unspecified atom stereocenters. The van der Waals surface area contributed by atoms with Crippen molar-refractivity contribution < 1.29 is 4.79 Å². The highest BCUT2D eigenvalue weighted by Crippen LogP contribution is 2.14. The molecule has 0 saturated carbocycles. The van der Waals surface area contributed by atoms with Crippen molar-refractivity contribution in [2.45, 2.75) is 0 Å². The van der Waals surface area contributed by atoms with Crippen LogP contribution >= 0.6 is 11.8 Å². The Bertz CT molecular complexity index is 628. The zero-order chi connectivity index (χ0) is 13.1. The zero-order valence-electron chi connectivity index (χ0n) is 9.60. The smallest absolute Gasteiger partial charge is 0.279 e. The van der Waals surface area contributed by atoms with Crippen LogP contribution in [0.5, 0.6) is 0 Å². The number of benzene rings is 1. The molecule has 0 aliphatic heterocycles. The van der Waals surface area contributed by atoms with E-state index in [2.05, 4.69) is 15.3 Å². The molecule has 0 aliphatic rings. The number of anilines is 1. The van der Waals surface area contributed by atoms with Crippen molar-refractivity contribution in [1.29, 1.82) is 5.41 Å². The summed E-state index contributed by atoms with van der Waals surface area (Å²) in [5.74, 6) is -0.467. The average molecular weight is 261 g/mol. The molecule has 1 aromatic heterocycles. The van der Waals surface area contributed by atoms with Crippen LogP contribution in [-0.4, -0.2) is 27.3 Å². The minimum absolute atomic E-state index is 0.0347.